The monoisotopic (exact) mass is 194 g/mol. The van der Waals surface area contributed by atoms with Gasteiger partial charge < -0.3 is 5.11 Å². The second-order valence-corrected chi connectivity index (χ2v) is 3.48. The SMILES string of the molecule is CCC(C)(C(=O)O)c1nccnc1C. The van der Waals surface area contributed by atoms with Crippen molar-refractivity contribution in [3.8, 4) is 0 Å². The minimum absolute atomic E-state index is 0.502. The van der Waals surface area contributed by atoms with Gasteiger partial charge in [0, 0.05) is 12.4 Å². The molecule has 0 saturated carbocycles. The summed E-state index contributed by atoms with van der Waals surface area (Å²) in [5.41, 5.74) is 0.299. The number of carboxylic acids is 1. The Balaban J connectivity index is 3.26. The van der Waals surface area contributed by atoms with Gasteiger partial charge >= 0.3 is 5.97 Å². The van der Waals surface area contributed by atoms with Gasteiger partial charge in [0.2, 0.25) is 0 Å². The number of aromatic nitrogens is 2. The quantitative estimate of drug-likeness (QED) is 0.792. The van der Waals surface area contributed by atoms with Crippen LogP contribution in [0.5, 0.6) is 0 Å². The van der Waals surface area contributed by atoms with Crippen molar-refractivity contribution in [2.45, 2.75) is 32.6 Å². The number of rotatable bonds is 3. The predicted octanol–water partition coefficient (Wildman–Crippen LogP) is 1.54. The molecule has 0 aromatic carbocycles. The van der Waals surface area contributed by atoms with Crippen molar-refractivity contribution in [1.82, 2.24) is 9.97 Å². The summed E-state index contributed by atoms with van der Waals surface area (Å²) in [4.78, 5) is 19.3. The molecule has 4 nitrogen and oxygen atoms in total. The maximum Gasteiger partial charge on any atom is 0.315 e. The summed E-state index contributed by atoms with van der Waals surface area (Å²) < 4.78 is 0. The van der Waals surface area contributed by atoms with Crippen LogP contribution < -0.4 is 0 Å². The van der Waals surface area contributed by atoms with Crippen LogP contribution in [0.4, 0.5) is 0 Å². The molecule has 0 bridgehead atoms. The third-order valence-corrected chi connectivity index (χ3v) is 2.58. The lowest BCUT2D eigenvalue weighted by Gasteiger charge is -2.23. The van der Waals surface area contributed by atoms with Crippen molar-refractivity contribution < 1.29 is 9.90 Å². The lowest BCUT2D eigenvalue weighted by Crippen LogP contribution is -2.33. The zero-order valence-electron chi connectivity index (χ0n) is 8.61. The van der Waals surface area contributed by atoms with Crippen LogP contribution in [0.3, 0.4) is 0 Å². The first-order valence-corrected chi connectivity index (χ1v) is 4.54. The van der Waals surface area contributed by atoms with Crippen molar-refractivity contribution in [1.29, 1.82) is 0 Å². The molecule has 0 aliphatic heterocycles. The van der Waals surface area contributed by atoms with Crippen LogP contribution in [0.2, 0.25) is 0 Å². The first-order chi connectivity index (χ1) is 6.52. The molecule has 1 unspecified atom stereocenters. The smallest absolute Gasteiger partial charge is 0.315 e. The summed E-state index contributed by atoms with van der Waals surface area (Å²) in [6.07, 6.45) is 3.60. The van der Waals surface area contributed by atoms with Gasteiger partial charge in [-0.25, -0.2) is 0 Å². The predicted molar refractivity (Wildman–Crippen MR) is 52.0 cm³/mol. The van der Waals surface area contributed by atoms with Crippen LogP contribution >= 0.6 is 0 Å². The van der Waals surface area contributed by atoms with Gasteiger partial charge in [0.1, 0.15) is 5.41 Å². The number of carboxylic acid groups (broad SMARTS) is 1. The Morgan fingerprint density at radius 2 is 2.07 bits per heavy atom. The molecule has 0 aliphatic carbocycles. The van der Waals surface area contributed by atoms with Crippen molar-refractivity contribution in [3.05, 3.63) is 23.8 Å². The molecule has 1 aromatic rings. The highest BCUT2D eigenvalue weighted by atomic mass is 16.4. The summed E-state index contributed by atoms with van der Waals surface area (Å²) in [5.74, 6) is -0.858. The molecule has 0 aliphatic rings. The summed E-state index contributed by atoms with van der Waals surface area (Å²) >= 11 is 0. The highest BCUT2D eigenvalue weighted by Crippen LogP contribution is 2.27. The number of aliphatic carboxylic acids is 1. The Morgan fingerprint density at radius 1 is 1.50 bits per heavy atom. The zero-order chi connectivity index (χ0) is 10.8. The van der Waals surface area contributed by atoms with E-state index >= 15 is 0 Å². The number of hydrogen-bond acceptors (Lipinski definition) is 3. The van der Waals surface area contributed by atoms with E-state index < -0.39 is 11.4 Å². The van der Waals surface area contributed by atoms with Crippen LogP contribution in [-0.2, 0) is 10.2 Å². The van der Waals surface area contributed by atoms with E-state index in [0.717, 1.165) is 0 Å². The highest BCUT2D eigenvalue weighted by molar-refractivity contribution is 5.80. The van der Waals surface area contributed by atoms with E-state index in [0.29, 0.717) is 17.8 Å². The van der Waals surface area contributed by atoms with Crippen LogP contribution in [-0.4, -0.2) is 21.0 Å². The maximum atomic E-state index is 11.1. The van der Waals surface area contributed by atoms with Crippen LogP contribution in [0, 0.1) is 6.92 Å². The fourth-order valence-electron chi connectivity index (χ4n) is 1.37. The van der Waals surface area contributed by atoms with Gasteiger partial charge in [0.15, 0.2) is 0 Å². The molecule has 1 rings (SSSR count). The minimum atomic E-state index is -0.932. The number of carbonyl (C=O) groups is 1. The Kier molecular flexibility index (Phi) is 2.84. The molecule has 1 aromatic heterocycles. The summed E-state index contributed by atoms with van der Waals surface area (Å²) in [5, 5.41) is 9.14. The van der Waals surface area contributed by atoms with E-state index in [9.17, 15) is 4.79 Å². The van der Waals surface area contributed by atoms with E-state index in [1.165, 1.54) is 6.20 Å². The first-order valence-electron chi connectivity index (χ1n) is 4.54. The summed E-state index contributed by atoms with van der Waals surface area (Å²) in [6, 6.07) is 0. The highest BCUT2D eigenvalue weighted by Gasteiger charge is 2.36. The molecule has 0 radical (unpaired) electrons. The third kappa shape index (κ3) is 1.60. The van der Waals surface area contributed by atoms with E-state index in [4.69, 9.17) is 5.11 Å². The van der Waals surface area contributed by atoms with E-state index in [2.05, 4.69) is 9.97 Å². The Morgan fingerprint density at radius 3 is 2.50 bits per heavy atom. The largest absolute Gasteiger partial charge is 0.481 e. The van der Waals surface area contributed by atoms with Gasteiger partial charge in [0.25, 0.3) is 0 Å². The average molecular weight is 194 g/mol. The second kappa shape index (κ2) is 3.74. The molecule has 1 heterocycles. The first kappa shape index (κ1) is 10.6. The van der Waals surface area contributed by atoms with E-state index in [1.54, 1.807) is 20.0 Å². The van der Waals surface area contributed by atoms with Gasteiger partial charge in [0.05, 0.1) is 11.4 Å². The summed E-state index contributed by atoms with van der Waals surface area (Å²) in [7, 11) is 0. The number of aryl methyl sites for hydroxylation is 1. The van der Waals surface area contributed by atoms with Crippen molar-refractivity contribution in [2.75, 3.05) is 0 Å². The molecular formula is C10H14N2O2. The van der Waals surface area contributed by atoms with Crippen molar-refractivity contribution in [3.63, 3.8) is 0 Å². The van der Waals surface area contributed by atoms with Crippen LogP contribution in [0.15, 0.2) is 12.4 Å². The molecule has 0 saturated heterocycles. The molecule has 14 heavy (non-hydrogen) atoms. The normalized spacial score (nSPS) is 14.8. The van der Waals surface area contributed by atoms with Gasteiger partial charge in [-0.3, -0.25) is 14.8 Å². The lowest BCUT2D eigenvalue weighted by molar-refractivity contribution is -0.143. The molecule has 4 heteroatoms. The van der Waals surface area contributed by atoms with Gasteiger partial charge in [-0.15, -0.1) is 0 Å². The van der Waals surface area contributed by atoms with Gasteiger partial charge in [-0.2, -0.15) is 0 Å². The fraction of sp³-hybridized carbons (Fsp3) is 0.500. The van der Waals surface area contributed by atoms with Crippen LogP contribution in [0.1, 0.15) is 31.7 Å². The maximum absolute atomic E-state index is 11.1. The van der Waals surface area contributed by atoms with Gasteiger partial charge in [-0.1, -0.05) is 6.92 Å². The Labute approximate surface area is 83.0 Å². The van der Waals surface area contributed by atoms with E-state index in [-0.39, 0.29) is 0 Å². The molecular weight excluding hydrogens is 180 g/mol. The summed E-state index contributed by atoms with van der Waals surface area (Å²) in [6.45, 7) is 5.29. The number of nitrogens with zero attached hydrogens (tertiary/aromatic N) is 2. The average Bonchev–Trinajstić information content (AvgIpc) is 2.17. The standard InChI is InChI=1S/C10H14N2O2/c1-4-10(3,9(13)14)8-7(2)11-5-6-12-8/h5-6H,4H2,1-3H3,(H,13,14). The molecule has 1 atom stereocenters. The Hall–Kier alpha value is -1.45. The fourth-order valence-corrected chi connectivity index (χ4v) is 1.37. The Bertz CT molecular complexity index is 352. The molecule has 0 spiro atoms. The lowest BCUT2D eigenvalue weighted by atomic mass is 9.83. The van der Waals surface area contributed by atoms with Crippen LogP contribution in [0.25, 0.3) is 0 Å². The molecule has 0 fully saturated rings. The second-order valence-electron chi connectivity index (χ2n) is 3.48. The third-order valence-electron chi connectivity index (χ3n) is 2.58. The minimum Gasteiger partial charge on any atom is -0.481 e. The molecule has 0 amide bonds. The zero-order valence-corrected chi connectivity index (χ0v) is 8.61. The molecule has 76 valence electrons. The molecule has 1 N–H and O–H groups in total. The number of hydrogen-bond donors (Lipinski definition) is 1. The topological polar surface area (TPSA) is 63.1 Å². The van der Waals surface area contributed by atoms with Crippen molar-refractivity contribution in [2.24, 2.45) is 0 Å². The van der Waals surface area contributed by atoms with E-state index in [1.807, 2.05) is 6.92 Å². The van der Waals surface area contributed by atoms with Gasteiger partial charge in [-0.05, 0) is 20.3 Å². The van der Waals surface area contributed by atoms with Crippen molar-refractivity contribution >= 4 is 5.97 Å².